The zero-order valence-corrected chi connectivity index (χ0v) is 10.7. The first-order valence-electron chi connectivity index (χ1n) is 5.65. The largest absolute Gasteiger partial charge is 0.507 e. The molecule has 0 aromatic heterocycles. The molecule has 0 heterocycles. The molecule has 0 fully saturated rings. The van der Waals surface area contributed by atoms with Crippen LogP contribution in [0.25, 0.3) is 5.76 Å². The molecule has 1 N–H and O–H groups in total. The average molecular weight is 248 g/mol. The zero-order chi connectivity index (χ0) is 13.7. The van der Waals surface area contributed by atoms with E-state index in [0.717, 1.165) is 17.2 Å². The van der Waals surface area contributed by atoms with Crippen molar-refractivity contribution in [2.45, 2.75) is 20.8 Å². The van der Waals surface area contributed by atoms with Crippen LogP contribution in [0.5, 0.6) is 0 Å². The first-order chi connectivity index (χ1) is 8.45. The average Bonchev–Trinajstić information content (AvgIpc) is 2.32. The van der Waals surface area contributed by atoms with Gasteiger partial charge in [-0.25, -0.2) is 4.79 Å². The number of aliphatic hydroxyl groups excluding tert-OH is 1. The predicted molar refractivity (Wildman–Crippen MR) is 68.2 cm³/mol. The van der Waals surface area contributed by atoms with Gasteiger partial charge in [-0.2, -0.15) is 0 Å². The van der Waals surface area contributed by atoms with Crippen LogP contribution in [0.1, 0.15) is 23.6 Å². The molecule has 4 heteroatoms. The number of aryl methyl sites for hydroxylation is 2. The molecule has 4 nitrogen and oxygen atoms in total. The van der Waals surface area contributed by atoms with Gasteiger partial charge in [0.2, 0.25) is 0 Å². The van der Waals surface area contributed by atoms with Gasteiger partial charge in [0.1, 0.15) is 5.76 Å². The third kappa shape index (κ3) is 3.45. The van der Waals surface area contributed by atoms with Crippen molar-refractivity contribution in [3.8, 4) is 0 Å². The van der Waals surface area contributed by atoms with E-state index in [-0.39, 0.29) is 12.4 Å². The fraction of sp³-hybridized carbons (Fsp3) is 0.286. The number of aliphatic hydroxyl groups is 1. The van der Waals surface area contributed by atoms with Crippen molar-refractivity contribution in [2.24, 2.45) is 0 Å². The molecule has 0 amide bonds. The minimum Gasteiger partial charge on any atom is -0.507 e. The summed E-state index contributed by atoms with van der Waals surface area (Å²) in [6.07, 6.45) is 0.877. The Bertz CT molecular complexity index is 501. The van der Waals surface area contributed by atoms with Crippen LogP contribution in [-0.2, 0) is 14.3 Å². The van der Waals surface area contributed by atoms with Crippen LogP contribution in [0.4, 0.5) is 0 Å². The third-order valence-corrected chi connectivity index (χ3v) is 2.55. The Morgan fingerprint density at radius 1 is 1.28 bits per heavy atom. The molecule has 0 aliphatic rings. The van der Waals surface area contributed by atoms with E-state index in [1.165, 1.54) is 0 Å². The number of rotatable bonds is 4. The molecule has 0 saturated heterocycles. The van der Waals surface area contributed by atoms with Crippen molar-refractivity contribution in [3.05, 3.63) is 41.0 Å². The predicted octanol–water partition coefficient (Wildman–Crippen LogP) is 2.33. The van der Waals surface area contributed by atoms with E-state index in [1.54, 1.807) is 19.1 Å². The van der Waals surface area contributed by atoms with Crippen molar-refractivity contribution < 1.29 is 19.4 Å². The number of hydrogen-bond donors (Lipinski definition) is 1. The van der Waals surface area contributed by atoms with Crippen LogP contribution < -0.4 is 0 Å². The van der Waals surface area contributed by atoms with Gasteiger partial charge in [-0.05, 0) is 38.0 Å². The fourth-order valence-corrected chi connectivity index (χ4v) is 1.37. The summed E-state index contributed by atoms with van der Waals surface area (Å²) in [5, 5.41) is 9.76. The number of carbonyl (C=O) groups excluding carboxylic acids is 2. The number of carbonyl (C=O) groups is 2. The van der Waals surface area contributed by atoms with Crippen molar-refractivity contribution >= 4 is 17.5 Å². The molecule has 96 valence electrons. The molecule has 0 saturated carbocycles. The second-order valence-corrected chi connectivity index (χ2v) is 3.91. The summed E-state index contributed by atoms with van der Waals surface area (Å²) in [5.74, 6) is -2.07. The van der Waals surface area contributed by atoms with Crippen LogP contribution in [0, 0.1) is 13.8 Å². The molecule has 0 spiro atoms. The van der Waals surface area contributed by atoms with Crippen LogP contribution in [0.15, 0.2) is 24.3 Å². The second kappa shape index (κ2) is 6.00. The quantitative estimate of drug-likeness (QED) is 0.384. The molecule has 1 aromatic carbocycles. The molecule has 0 aliphatic carbocycles. The van der Waals surface area contributed by atoms with Crippen LogP contribution in [-0.4, -0.2) is 23.5 Å². The van der Waals surface area contributed by atoms with E-state index in [0.29, 0.717) is 5.56 Å². The van der Waals surface area contributed by atoms with Gasteiger partial charge in [-0.1, -0.05) is 12.1 Å². The van der Waals surface area contributed by atoms with Crippen molar-refractivity contribution in [1.29, 1.82) is 0 Å². The van der Waals surface area contributed by atoms with E-state index >= 15 is 0 Å². The molecule has 0 unspecified atom stereocenters. The lowest BCUT2D eigenvalue weighted by molar-refractivity contribution is -0.151. The number of benzene rings is 1. The van der Waals surface area contributed by atoms with Gasteiger partial charge in [0.15, 0.2) is 0 Å². The molecular formula is C14H16O4. The maximum absolute atomic E-state index is 11.4. The van der Waals surface area contributed by atoms with Crippen LogP contribution >= 0.6 is 0 Å². The number of hydrogen-bond acceptors (Lipinski definition) is 4. The minimum absolute atomic E-state index is 0.128. The highest BCUT2D eigenvalue weighted by molar-refractivity contribution is 6.39. The van der Waals surface area contributed by atoms with Crippen LogP contribution in [0.3, 0.4) is 0 Å². The van der Waals surface area contributed by atoms with Gasteiger partial charge in [-0.3, -0.25) is 4.79 Å². The summed E-state index contributed by atoms with van der Waals surface area (Å²) < 4.78 is 4.54. The summed E-state index contributed by atoms with van der Waals surface area (Å²) in [6, 6.07) is 5.27. The maximum Gasteiger partial charge on any atom is 0.379 e. The second-order valence-electron chi connectivity index (χ2n) is 3.91. The summed E-state index contributed by atoms with van der Waals surface area (Å²) in [7, 11) is 0. The Kier molecular flexibility index (Phi) is 4.66. The molecule has 18 heavy (non-hydrogen) atoms. The number of ketones is 1. The van der Waals surface area contributed by atoms with E-state index in [1.807, 2.05) is 19.9 Å². The standard InChI is InChI=1S/C14H16O4/c1-4-18-14(17)13(16)8-12(15)11-6-5-9(2)10(3)7-11/h5-8,15H,4H2,1-3H3/b12-8-. The van der Waals surface area contributed by atoms with E-state index in [9.17, 15) is 14.7 Å². The molecule has 0 aliphatic heterocycles. The van der Waals surface area contributed by atoms with Gasteiger partial charge in [0.25, 0.3) is 5.78 Å². The fourth-order valence-electron chi connectivity index (χ4n) is 1.37. The first kappa shape index (κ1) is 14.0. The Morgan fingerprint density at radius 2 is 1.94 bits per heavy atom. The highest BCUT2D eigenvalue weighted by Gasteiger charge is 2.13. The van der Waals surface area contributed by atoms with Gasteiger partial charge < -0.3 is 9.84 Å². The zero-order valence-electron chi connectivity index (χ0n) is 10.7. The molecule has 0 bridgehead atoms. The summed E-state index contributed by atoms with van der Waals surface area (Å²) in [4.78, 5) is 22.5. The Hall–Kier alpha value is -2.10. The summed E-state index contributed by atoms with van der Waals surface area (Å²) >= 11 is 0. The summed E-state index contributed by atoms with van der Waals surface area (Å²) in [5.41, 5.74) is 2.58. The maximum atomic E-state index is 11.4. The first-order valence-corrected chi connectivity index (χ1v) is 5.65. The Morgan fingerprint density at radius 3 is 2.50 bits per heavy atom. The molecule has 1 aromatic rings. The SMILES string of the molecule is CCOC(=O)C(=O)/C=C(\O)c1ccc(C)c(C)c1. The topological polar surface area (TPSA) is 63.6 Å². The Labute approximate surface area is 106 Å². The van der Waals surface area contributed by atoms with Crippen molar-refractivity contribution in [3.63, 3.8) is 0 Å². The van der Waals surface area contributed by atoms with Gasteiger partial charge in [-0.15, -0.1) is 0 Å². The van der Waals surface area contributed by atoms with Crippen molar-refractivity contribution in [2.75, 3.05) is 6.61 Å². The lowest BCUT2D eigenvalue weighted by Crippen LogP contribution is -2.15. The highest BCUT2D eigenvalue weighted by Crippen LogP contribution is 2.16. The Balaban J connectivity index is 2.92. The van der Waals surface area contributed by atoms with Gasteiger partial charge in [0, 0.05) is 11.6 Å². The lowest BCUT2D eigenvalue weighted by Gasteiger charge is -2.04. The molecular weight excluding hydrogens is 232 g/mol. The van der Waals surface area contributed by atoms with Gasteiger partial charge >= 0.3 is 5.97 Å². The normalized spacial score (nSPS) is 11.2. The number of ether oxygens (including phenoxy) is 1. The van der Waals surface area contributed by atoms with Crippen molar-refractivity contribution in [1.82, 2.24) is 0 Å². The third-order valence-electron chi connectivity index (χ3n) is 2.55. The molecule has 0 atom stereocenters. The summed E-state index contributed by atoms with van der Waals surface area (Å²) in [6.45, 7) is 5.59. The monoisotopic (exact) mass is 248 g/mol. The molecule has 1 rings (SSSR count). The van der Waals surface area contributed by atoms with Crippen LogP contribution in [0.2, 0.25) is 0 Å². The van der Waals surface area contributed by atoms with E-state index in [4.69, 9.17) is 0 Å². The minimum atomic E-state index is -0.965. The lowest BCUT2D eigenvalue weighted by atomic mass is 10.0. The van der Waals surface area contributed by atoms with E-state index < -0.39 is 11.8 Å². The molecule has 0 radical (unpaired) electrons. The highest BCUT2D eigenvalue weighted by atomic mass is 16.5. The number of esters is 1. The van der Waals surface area contributed by atoms with Gasteiger partial charge in [0.05, 0.1) is 6.61 Å². The smallest absolute Gasteiger partial charge is 0.379 e. The van der Waals surface area contributed by atoms with E-state index in [2.05, 4.69) is 4.74 Å².